The largest absolute Gasteiger partial charge is 0.478 e. The molecule has 0 aliphatic rings. The van der Waals surface area contributed by atoms with E-state index in [2.05, 4.69) is 0 Å². The summed E-state index contributed by atoms with van der Waals surface area (Å²) in [6.45, 7) is 1.82. The Morgan fingerprint density at radius 2 is 1.80 bits per heavy atom. The van der Waals surface area contributed by atoms with E-state index < -0.39 is 5.97 Å². The Kier molecular flexibility index (Phi) is 3.59. The van der Waals surface area contributed by atoms with Gasteiger partial charge in [0.15, 0.2) is 0 Å². The average molecular weight is 252 g/mol. The SMILES string of the molecule is Cc1ccc2ccccc2c1C(=O)O.[Zn]. The molecule has 0 bridgehead atoms. The van der Waals surface area contributed by atoms with Gasteiger partial charge in [-0.15, -0.1) is 0 Å². The van der Waals surface area contributed by atoms with Crippen LogP contribution in [0.2, 0.25) is 0 Å². The second kappa shape index (κ2) is 4.54. The quantitative estimate of drug-likeness (QED) is 0.792. The van der Waals surface area contributed by atoms with Crippen molar-refractivity contribution in [1.29, 1.82) is 0 Å². The van der Waals surface area contributed by atoms with E-state index in [4.69, 9.17) is 5.11 Å². The van der Waals surface area contributed by atoms with Gasteiger partial charge in [-0.2, -0.15) is 0 Å². The van der Waals surface area contributed by atoms with E-state index in [1.54, 1.807) is 0 Å². The maximum Gasteiger partial charge on any atom is 0.336 e. The van der Waals surface area contributed by atoms with E-state index in [-0.39, 0.29) is 19.5 Å². The first-order valence-corrected chi connectivity index (χ1v) is 4.42. The number of hydrogen-bond donors (Lipinski definition) is 1. The molecule has 0 unspecified atom stereocenters. The molecule has 0 saturated carbocycles. The van der Waals surface area contributed by atoms with Gasteiger partial charge >= 0.3 is 5.97 Å². The van der Waals surface area contributed by atoms with Gasteiger partial charge in [0.2, 0.25) is 0 Å². The van der Waals surface area contributed by atoms with Crippen molar-refractivity contribution in [1.82, 2.24) is 0 Å². The molecule has 0 atom stereocenters. The van der Waals surface area contributed by atoms with Crippen LogP contribution in [-0.2, 0) is 19.5 Å². The molecule has 2 nitrogen and oxygen atoms in total. The first-order chi connectivity index (χ1) is 6.70. The summed E-state index contributed by atoms with van der Waals surface area (Å²) in [5, 5.41) is 10.8. The van der Waals surface area contributed by atoms with Gasteiger partial charge in [-0.3, -0.25) is 0 Å². The van der Waals surface area contributed by atoms with Crippen LogP contribution < -0.4 is 0 Å². The van der Waals surface area contributed by atoms with Crippen LogP contribution in [0.3, 0.4) is 0 Å². The van der Waals surface area contributed by atoms with Crippen LogP contribution in [0.5, 0.6) is 0 Å². The summed E-state index contributed by atoms with van der Waals surface area (Å²) in [6.07, 6.45) is 0. The number of hydrogen-bond acceptors (Lipinski definition) is 1. The molecular weight excluding hydrogens is 242 g/mol. The molecule has 0 fully saturated rings. The second-order valence-electron chi connectivity index (χ2n) is 3.28. The zero-order valence-electron chi connectivity index (χ0n) is 8.53. The summed E-state index contributed by atoms with van der Waals surface area (Å²) < 4.78 is 0. The van der Waals surface area contributed by atoms with Gasteiger partial charge in [0.1, 0.15) is 0 Å². The topological polar surface area (TPSA) is 37.3 Å². The van der Waals surface area contributed by atoms with Gasteiger partial charge in [-0.1, -0.05) is 36.4 Å². The van der Waals surface area contributed by atoms with Crippen molar-refractivity contribution in [2.45, 2.75) is 6.92 Å². The molecule has 0 saturated heterocycles. The van der Waals surface area contributed by atoms with Crippen molar-refractivity contribution in [3.8, 4) is 0 Å². The summed E-state index contributed by atoms with van der Waals surface area (Å²) >= 11 is 0. The molecule has 0 spiro atoms. The van der Waals surface area contributed by atoms with Gasteiger partial charge < -0.3 is 5.11 Å². The minimum atomic E-state index is -0.862. The van der Waals surface area contributed by atoms with Gasteiger partial charge in [-0.05, 0) is 23.3 Å². The van der Waals surface area contributed by atoms with E-state index >= 15 is 0 Å². The van der Waals surface area contributed by atoms with Crippen molar-refractivity contribution in [3.63, 3.8) is 0 Å². The Labute approximate surface area is 101 Å². The summed E-state index contributed by atoms with van der Waals surface area (Å²) in [5.41, 5.74) is 1.21. The van der Waals surface area contributed by atoms with Crippen molar-refractivity contribution in [2.75, 3.05) is 0 Å². The van der Waals surface area contributed by atoms with Crippen LogP contribution in [0.4, 0.5) is 0 Å². The van der Waals surface area contributed by atoms with Crippen LogP contribution in [0.1, 0.15) is 15.9 Å². The number of benzene rings is 2. The number of aromatic carboxylic acids is 1. The summed E-state index contributed by atoms with van der Waals surface area (Å²) in [7, 11) is 0. The van der Waals surface area contributed by atoms with Crippen LogP contribution >= 0.6 is 0 Å². The minimum absolute atomic E-state index is 0. The van der Waals surface area contributed by atoms with Crippen LogP contribution in [0.25, 0.3) is 10.8 Å². The zero-order valence-corrected chi connectivity index (χ0v) is 11.5. The fourth-order valence-corrected chi connectivity index (χ4v) is 1.66. The molecule has 15 heavy (non-hydrogen) atoms. The maximum absolute atomic E-state index is 11.0. The standard InChI is InChI=1S/C12H10O2.Zn/c1-8-6-7-9-4-2-3-5-10(9)11(8)12(13)14;/h2-7H,1H3,(H,13,14);. The average Bonchev–Trinajstić information content (AvgIpc) is 2.17. The van der Waals surface area contributed by atoms with Gasteiger partial charge in [0.05, 0.1) is 5.56 Å². The number of rotatable bonds is 1. The fourth-order valence-electron chi connectivity index (χ4n) is 1.66. The Bertz CT molecular complexity index is 506. The Hall–Kier alpha value is -1.21. The van der Waals surface area contributed by atoms with E-state index in [0.29, 0.717) is 5.56 Å². The molecule has 2 rings (SSSR count). The molecule has 0 amide bonds. The number of carboxylic acids is 1. The van der Waals surface area contributed by atoms with E-state index in [1.807, 2.05) is 43.3 Å². The minimum Gasteiger partial charge on any atom is -0.478 e. The molecule has 2 aromatic carbocycles. The molecule has 0 aliphatic carbocycles. The summed E-state index contributed by atoms with van der Waals surface area (Å²) in [5.74, 6) is -0.862. The molecular formula is C12H10O2Zn. The maximum atomic E-state index is 11.0. The summed E-state index contributed by atoms with van der Waals surface area (Å²) in [6, 6.07) is 11.3. The third-order valence-corrected chi connectivity index (χ3v) is 2.35. The molecule has 1 N–H and O–H groups in total. The van der Waals surface area contributed by atoms with Gasteiger partial charge in [0, 0.05) is 19.5 Å². The first kappa shape index (κ1) is 11.9. The summed E-state index contributed by atoms with van der Waals surface area (Å²) in [4.78, 5) is 11.0. The molecule has 72 valence electrons. The third-order valence-electron chi connectivity index (χ3n) is 2.35. The number of aryl methyl sites for hydroxylation is 1. The smallest absolute Gasteiger partial charge is 0.336 e. The molecule has 2 aromatic rings. The van der Waals surface area contributed by atoms with Gasteiger partial charge in [-0.25, -0.2) is 4.79 Å². The zero-order chi connectivity index (χ0) is 10.1. The van der Waals surface area contributed by atoms with E-state index in [1.165, 1.54) is 0 Å². The third kappa shape index (κ3) is 2.08. The van der Waals surface area contributed by atoms with Crippen LogP contribution in [0, 0.1) is 6.92 Å². The van der Waals surface area contributed by atoms with Crippen molar-refractivity contribution in [3.05, 3.63) is 47.5 Å². The Balaban J connectivity index is 0.00000112. The molecule has 0 aromatic heterocycles. The fraction of sp³-hybridized carbons (Fsp3) is 0.0833. The Morgan fingerprint density at radius 1 is 1.13 bits per heavy atom. The Morgan fingerprint density at radius 3 is 2.47 bits per heavy atom. The molecule has 0 aliphatic heterocycles. The predicted molar refractivity (Wildman–Crippen MR) is 55.6 cm³/mol. The van der Waals surface area contributed by atoms with E-state index in [0.717, 1.165) is 16.3 Å². The van der Waals surface area contributed by atoms with Gasteiger partial charge in [0.25, 0.3) is 0 Å². The molecule has 3 heteroatoms. The van der Waals surface area contributed by atoms with Crippen LogP contribution in [-0.4, -0.2) is 11.1 Å². The van der Waals surface area contributed by atoms with Crippen molar-refractivity contribution < 1.29 is 29.4 Å². The molecule has 0 radical (unpaired) electrons. The predicted octanol–water partition coefficient (Wildman–Crippen LogP) is 2.84. The monoisotopic (exact) mass is 250 g/mol. The van der Waals surface area contributed by atoms with Crippen LogP contribution in [0.15, 0.2) is 36.4 Å². The van der Waals surface area contributed by atoms with Crippen molar-refractivity contribution >= 4 is 16.7 Å². The number of carboxylic acid groups (broad SMARTS) is 1. The number of carbonyl (C=O) groups is 1. The number of fused-ring (bicyclic) bond motifs is 1. The normalized spacial score (nSPS) is 9.67. The van der Waals surface area contributed by atoms with E-state index in [9.17, 15) is 4.79 Å². The van der Waals surface area contributed by atoms with Crippen molar-refractivity contribution in [2.24, 2.45) is 0 Å². The second-order valence-corrected chi connectivity index (χ2v) is 3.28. The molecule has 0 heterocycles. The first-order valence-electron chi connectivity index (χ1n) is 4.42.